The number of aromatic nitrogens is 2. The second kappa shape index (κ2) is 3.59. The molecule has 0 fully saturated rings. The zero-order valence-corrected chi connectivity index (χ0v) is 10.2. The zero-order valence-electron chi connectivity index (χ0n) is 6.33. The first-order valence-corrected chi connectivity index (χ1v) is 7.89. The van der Waals surface area contributed by atoms with E-state index in [1.54, 1.807) is 18.3 Å². The molecular weight excluding hydrogens is 321 g/mol. The SMILES string of the molecule is Oc1cc2c(cnn2PI)cc1Cl. The smallest absolute Gasteiger partial charge is 0.136 e. The summed E-state index contributed by atoms with van der Waals surface area (Å²) >= 11 is 7.99. The Balaban J connectivity index is 2.77. The number of aromatic hydroxyl groups is 1. The average molecular weight is 326 g/mol. The van der Waals surface area contributed by atoms with Crippen molar-refractivity contribution in [2.75, 3.05) is 0 Å². The second-order valence-electron chi connectivity index (χ2n) is 2.50. The van der Waals surface area contributed by atoms with Gasteiger partial charge in [0.25, 0.3) is 0 Å². The number of fused-ring (bicyclic) bond motifs is 1. The fraction of sp³-hybridized carbons (Fsp3) is 0. The van der Waals surface area contributed by atoms with Crippen molar-refractivity contribution >= 4 is 50.9 Å². The zero-order chi connectivity index (χ0) is 9.42. The maximum Gasteiger partial charge on any atom is 0.136 e. The highest BCUT2D eigenvalue weighted by Crippen LogP contribution is 2.33. The van der Waals surface area contributed by atoms with Gasteiger partial charge in [0.05, 0.1) is 23.1 Å². The fourth-order valence-electron chi connectivity index (χ4n) is 1.10. The van der Waals surface area contributed by atoms with E-state index in [0.29, 0.717) is 11.4 Å². The van der Waals surface area contributed by atoms with Crippen molar-refractivity contribution in [1.29, 1.82) is 0 Å². The summed E-state index contributed by atoms with van der Waals surface area (Å²) in [5.74, 6) is 0.102. The van der Waals surface area contributed by atoms with E-state index in [1.165, 1.54) is 0 Å². The first-order valence-electron chi connectivity index (χ1n) is 3.45. The lowest BCUT2D eigenvalue weighted by Gasteiger charge is -1.99. The van der Waals surface area contributed by atoms with Crippen LogP contribution < -0.4 is 0 Å². The number of hydrogen-bond acceptors (Lipinski definition) is 2. The molecule has 1 unspecified atom stereocenters. The van der Waals surface area contributed by atoms with Crippen LogP contribution in [-0.4, -0.2) is 14.7 Å². The summed E-state index contributed by atoms with van der Waals surface area (Å²) in [5.41, 5.74) is 0.912. The molecule has 1 heterocycles. The van der Waals surface area contributed by atoms with Crippen LogP contribution in [0, 0.1) is 0 Å². The molecule has 0 aliphatic heterocycles. The quantitative estimate of drug-likeness (QED) is 0.645. The Morgan fingerprint density at radius 2 is 2.31 bits per heavy atom. The van der Waals surface area contributed by atoms with Gasteiger partial charge in [0.2, 0.25) is 0 Å². The van der Waals surface area contributed by atoms with E-state index in [1.807, 2.05) is 4.45 Å². The molecule has 68 valence electrons. The number of phenols is 1. The van der Waals surface area contributed by atoms with Crippen molar-refractivity contribution in [2.24, 2.45) is 0 Å². The van der Waals surface area contributed by atoms with E-state index in [9.17, 15) is 5.11 Å². The Hall–Kier alpha value is -0.0600. The van der Waals surface area contributed by atoms with Crippen molar-refractivity contribution in [1.82, 2.24) is 9.55 Å². The van der Waals surface area contributed by atoms with Crippen molar-refractivity contribution in [3.63, 3.8) is 0 Å². The van der Waals surface area contributed by atoms with Gasteiger partial charge in [-0.1, -0.05) is 11.6 Å². The van der Waals surface area contributed by atoms with Crippen molar-refractivity contribution in [3.05, 3.63) is 23.4 Å². The fourth-order valence-corrected chi connectivity index (χ4v) is 2.81. The molecule has 13 heavy (non-hydrogen) atoms. The molecular formula is C7H5ClIN2OP. The van der Waals surface area contributed by atoms with E-state index in [0.717, 1.165) is 10.9 Å². The standard InChI is InChI=1S/C7H5ClIN2OP/c8-5-1-4-3-10-11(13-9)6(4)2-7(5)12/h1-3,12-13H. The van der Waals surface area contributed by atoms with Crippen LogP contribution in [0.15, 0.2) is 18.3 Å². The van der Waals surface area contributed by atoms with E-state index in [2.05, 4.69) is 27.1 Å². The van der Waals surface area contributed by atoms with Gasteiger partial charge < -0.3 is 5.11 Å². The molecule has 6 heteroatoms. The Morgan fingerprint density at radius 3 is 3.00 bits per heavy atom. The summed E-state index contributed by atoms with van der Waals surface area (Å²) < 4.78 is 1.83. The summed E-state index contributed by atoms with van der Waals surface area (Å²) in [4.78, 5) is 0. The van der Waals surface area contributed by atoms with Crippen molar-refractivity contribution in [2.45, 2.75) is 0 Å². The highest BCUT2D eigenvalue weighted by atomic mass is 127. The second-order valence-corrected chi connectivity index (χ2v) is 4.95. The van der Waals surface area contributed by atoms with Gasteiger partial charge in [0.15, 0.2) is 0 Å². The van der Waals surface area contributed by atoms with Gasteiger partial charge >= 0.3 is 0 Å². The third kappa shape index (κ3) is 1.63. The molecule has 0 aliphatic carbocycles. The predicted molar refractivity (Wildman–Crippen MR) is 64.1 cm³/mol. The lowest BCUT2D eigenvalue weighted by atomic mass is 10.2. The van der Waals surface area contributed by atoms with Gasteiger partial charge in [0.1, 0.15) is 5.75 Å². The van der Waals surface area contributed by atoms with Crippen LogP contribution in [0.1, 0.15) is 0 Å². The molecule has 1 aromatic carbocycles. The summed E-state index contributed by atoms with van der Waals surface area (Å²) in [6, 6.07) is 3.35. The molecule has 0 spiro atoms. The minimum atomic E-state index is 0.102. The number of benzene rings is 1. The van der Waals surface area contributed by atoms with E-state index in [4.69, 9.17) is 11.6 Å². The molecule has 0 amide bonds. The van der Waals surface area contributed by atoms with Crippen LogP contribution in [0.5, 0.6) is 5.75 Å². The van der Waals surface area contributed by atoms with Gasteiger partial charge in [0, 0.05) is 11.5 Å². The Morgan fingerprint density at radius 1 is 1.54 bits per heavy atom. The molecule has 0 aliphatic rings. The molecule has 2 rings (SSSR count). The van der Waals surface area contributed by atoms with Gasteiger partial charge in [-0.25, -0.2) is 4.45 Å². The van der Waals surface area contributed by atoms with Crippen LogP contribution >= 0.6 is 40.0 Å². The van der Waals surface area contributed by atoms with Crippen LogP contribution in [0.3, 0.4) is 0 Å². The number of rotatable bonds is 1. The van der Waals surface area contributed by atoms with Gasteiger partial charge in [-0.05, 0) is 28.1 Å². The third-order valence-corrected chi connectivity index (χ3v) is 3.91. The van der Waals surface area contributed by atoms with Crippen LogP contribution in [0.25, 0.3) is 10.9 Å². The molecule has 0 saturated carbocycles. The van der Waals surface area contributed by atoms with Crippen LogP contribution in [0.2, 0.25) is 5.02 Å². The Kier molecular flexibility index (Phi) is 2.62. The number of phenolic OH excluding ortho intramolecular Hbond substituents is 1. The molecule has 3 nitrogen and oxygen atoms in total. The van der Waals surface area contributed by atoms with E-state index in [-0.39, 0.29) is 5.75 Å². The number of halogens is 2. The maximum atomic E-state index is 9.38. The Bertz CT molecular complexity index is 459. The predicted octanol–water partition coefficient (Wildman–Crippen LogP) is 3.19. The molecule has 2 aromatic rings. The molecule has 1 N–H and O–H groups in total. The number of nitrogens with zero attached hydrogens (tertiary/aromatic N) is 2. The monoisotopic (exact) mass is 326 g/mol. The average Bonchev–Trinajstić information content (AvgIpc) is 2.48. The minimum absolute atomic E-state index is 0.102. The molecule has 0 bridgehead atoms. The Labute approximate surface area is 94.4 Å². The molecule has 0 radical (unpaired) electrons. The first kappa shape index (κ1) is 9.49. The summed E-state index contributed by atoms with van der Waals surface area (Å²) in [6.07, 6.45) is 2.27. The molecule has 1 aromatic heterocycles. The van der Waals surface area contributed by atoms with Crippen molar-refractivity contribution in [3.8, 4) is 5.75 Å². The van der Waals surface area contributed by atoms with Gasteiger partial charge in [-0.15, -0.1) is 0 Å². The first-order chi connectivity index (χ1) is 6.22. The van der Waals surface area contributed by atoms with Crippen molar-refractivity contribution < 1.29 is 5.11 Å². The van der Waals surface area contributed by atoms with Crippen LogP contribution in [0.4, 0.5) is 0 Å². The topological polar surface area (TPSA) is 38.1 Å². The minimum Gasteiger partial charge on any atom is -0.506 e. The summed E-state index contributed by atoms with van der Waals surface area (Å²) in [6.45, 7) is 0. The maximum absolute atomic E-state index is 9.38. The summed E-state index contributed by atoms with van der Waals surface area (Å²) in [5, 5.41) is 14.8. The largest absolute Gasteiger partial charge is 0.506 e. The number of hydrogen-bond donors (Lipinski definition) is 1. The molecule has 1 atom stereocenters. The van der Waals surface area contributed by atoms with E-state index >= 15 is 0 Å². The molecule has 0 saturated heterocycles. The van der Waals surface area contributed by atoms with Gasteiger partial charge in [-0.2, -0.15) is 5.10 Å². The highest BCUT2D eigenvalue weighted by Gasteiger charge is 2.05. The normalized spacial score (nSPS) is 11.8. The highest BCUT2D eigenvalue weighted by molar-refractivity contribution is 14.2. The van der Waals surface area contributed by atoms with E-state index < -0.39 is 0 Å². The van der Waals surface area contributed by atoms with Gasteiger partial charge in [-0.3, -0.25) is 0 Å². The lowest BCUT2D eigenvalue weighted by molar-refractivity contribution is 0.476. The lowest BCUT2D eigenvalue weighted by Crippen LogP contribution is -1.81. The third-order valence-electron chi connectivity index (χ3n) is 1.72. The summed E-state index contributed by atoms with van der Waals surface area (Å²) in [7, 11) is 0. The van der Waals surface area contributed by atoms with Crippen LogP contribution in [-0.2, 0) is 0 Å².